The van der Waals surface area contributed by atoms with E-state index >= 15 is 0 Å². The predicted molar refractivity (Wildman–Crippen MR) is 67.4 cm³/mol. The van der Waals surface area contributed by atoms with Crippen molar-refractivity contribution in [1.29, 1.82) is 0 Å². The van der Waals surface area contributed by atoms with Crippen LogP contribution in [-0.4, -0.2) is 9.91 Å². The van der Waals surface area contributed by atoms with Crippen LogP contribution in [-0.2, 0) is 6.18 Å². The molecule has 0 aliphatic heterocycles. The summed E-state index contributed by atoms with van der Waals surface area (Å²) >= 11 is 5.62. The summed E-state index contributed by atoms with van der Waals surface area (Å²) in [5.74, 6) is -0.423. The lowest BCUT2D eigenvalue weighted by Crippen LogP contribution is -2.06. The minimum absolute atomic E-state index is 0.0645. The van der Waals surface area contributed by atoms with Crippen LogP contribution in [0, 0.1) is 10.1 Å². The lowest BCUT2D eigenvalue weighted by atomic mass is 10.2. The van der Waals surface area contributed by atoms with E-state index in [1.165, 1.54) is 18.2 Å². The molecule has 9 heteroatoms. The normalized spacial score (nSPS) is 11.2. The molecule has 0 saturated heterocycles. The molecule has 1 aromatic heterocycles. The molecular weight excluding hydrogens is 313 g/mol. The van der Waals surface area contributed by atoms with Crippen molar-refractivity contribution in [2.24, 2.45) is 0 Å². The van der Waals surface area contributed by atoms with Crippen molar-refractivity contribution in [2.75, 3.05) is 0 Å². The summed E-state index contributed by atoms with van der Waals surface area (Å²) in [5, 5.41) is 11.0. The molecule has 0 unspecified atom stereocenters. The third kappa shape index (κ3) is 3.60. The van der Waals surface area contributed by atoms with Gasteiger partial charge in [0.1, 0.15) is 5.15 Å². The van der Waals surface area contributed by atoms with E-state index in [2.05, 4.69) is 4.98 Å². The fourth-order valence-corrected chi connectivity index (χ4v) is 1.64. The van der Waals surface area contributed by atoms with Crippen LogP contribution in [0.4, 0.5) is 18.9 Å². The van der Waals surface area contributed by atoms with Crippen LogP contribution in [0.1, 0.15) is 5.56 Å². The Kier molecular flexibility index (Phi) is 3.99. The zero-order valence-electron chi connectivity index (χ0n) is 10.1. The van der Waals surface area contributed by atoms with Gasteiger partial charge in [0.25, 0.3) is 0 Å². The Morgan fingerprint density at radius 3 is 2.52 bits per heavy atom. The summed E-state index contributed by atoms with van der Waals surface area (Å²) in [6, 6.07) is 6.26. The number of benzene rings is 1. The Morgan fingerprint density at radius 1 is 1.24 bits per heavy atom. The van der Waals surface area contributed by atoms with E-state index in [4.69, 9.17) is 16.3 Å². The van der Waals surface area contributed by atoms with Crippen LogP contribution in [0.25, 0.3) is 0 Å². The van der Waals surface area contributed by atoms with E-state index in [1.807, 2.05) is 0 Å². The summed E-state index contributed by atoms with van der Waals surface area (Å²) in [5.41, 5.74) is -1.95. The molecule has 2 rings (SSSR count). The SMILES string of the molecule is O=[N+]([O-])c1cc(C(F)(F)F)ccc1Oc1cccc(Cl)n1. The summed E-state index contributed by atoms with van der Waals surface area (Å²) < 4.78 is 42.8. The van der Waals surface area contributed by atoms with Gasteiger partial charge in [-0.25, -0.2) is 4.98 Å². The Balaban J connectivity index is 2.42. The fraction of sp³-hybridized carbons (Fsp3) is 0.0833. The number of hydrogen-bond acceptors (Lipinski definition) is 4. The molecule has 0 aliphatic carbocycles. The molecule has 5 nitrogen and oxygen atoms in total. The summed E-state index contributed by atoms with van der Waals surface area (Å²) in [6.45, 7) is 0. The number of rotatable bonds is 3. The molecule has 0 atom stereocenters. The lowest BCUT2D eigenvalue weighted by molar-refractivity contribution is -0.385. The quantitative estimate of drug-likeness (QED) is 0.476. The van der Waals surface area contributed by atoms with Gasteiger partial charge in [0.05, 0.1) is 10.5 Å². The molecule has 0 spiro atoms. The van der Waals surface area contributed by atoms with Gasteiger partial charge in [0.15, 0.2) is 0 Å². The summed E-state index contributed by atoms with van der Waals surface area (Å²) in [7, 11) is 0. The zero-order valence-corrected chi connectivity index (χ0v) is 10.9. The number of hydrogen-bond donors (Lipinski definition) is 0. The van der Waals surface area contributed by atoms with Crippen LogP contribution in [0.3, 0.4) is 0 Å². The minimum atomic E-state index is -4.68. The Morgan fingerprint density at radius 2 is 1.95 bits per heavy atom. The molecule has 0 N–H and O–H groups in total. The molecule has 1 aromatic carbocycles. The minimum Gasteiger partial charge on any atom is -0.432 e. The van der Waals surface area contributed by atoms with Gasteiger partial charge in [-0.3, -0.25) is 10.1 Å². The van der Waals surface area contributed by atoms with E-state index < -0.39 is 22.4 Å². The molecule has 1 heterocycles. The second kappa shape index (κ2) is 5.57. The van der Waals surface area contributed by atoms with Crippen molar-refractivity contribution in [3.8, 4) is 11.6 Å². The summed E-state index contributed by atoms with van der Waals surface area (Å²) in [4.78, 5) is 13.6. The van der Waals surface area contributed by atoms with Crippen molar-refractivity contribution in [3.63, 3.8) is 0 Å². The Bertz CT molecular complexity index is 692. The third-order valence-electron chi connectivity index (χ3n) is 2.39. The average molecular weight is 319 g/mol. The Labute approximate surface area is 121 Å². The topological polar surface area (TPSA) is 65.3 Å². The average Bonchev–Trinajstić information content (AvgIpc) is 2.37. The van der Waals surface area contributed by atoms with Gasteiger partial charge in [-0.1, -0.05) is 17.7 Å². The van der Waals surface area contributed by atoms with Crippen LogP contribution in [0.5, 0.6) is 11.6 Å². The maximum absolute atomic E-state index is 12.5. The second-order valence-electron chi connectivity index (χ2n) is 3.84. The monoisotopic (exact) mass is 318 g/mol. The van der Waals surface area contributed by atoms with Crippen molar-refractivity contribution < 1.29 is 22.8 Å². The lowest BCUT2D eigenvalue weighted by Gasteiger charge is -2.09. The standard InChI is InChI=1S/C12H6ClF3N2O3/c13-10-2-1-3-11(17-10)21-9-5-4-7(12(14,15)16)6-8(9)18(19)20/h1-6H. The predicted octanol–water partition coefficient (Wildman–Crippen LogP) is 4.45. The first-order chi connectivity index (χ1) is 9.77. The molecular formula is C12H6ClF3N2O3. The highest BCUT2D eigenvalue weighted by Crippen LogP contribution is 2.37. The first-order valence-electron chi connectivity index (χ1n) is 5.43. The van der Waals surface area contributed by atoms with Gasteiger partial charge >= 0.3 is 11.9 Å². The first-order valence-corrected chi connectivity index (χ1v) is 5.81. The zero-order chi connectivity index (χ0) is 15.6. The van der Waals surface area contributed by atoms with Gasteiger partial charge < -0.3 is 4.74 Å². The van der Waals surface area contributed by atoms with Crippen molar-refractivity contribution in [2.45, 2.75) is 6.18 Å². The number of nitrogens with zero attached hydrogens (tertiary/aromatic N) is 2. The smallest absolute Gasteiger partial charge is 0.416 e. The van der Waals surface area contributed by atoms with Gasteiger partial charge in [0, 0.05) is 12.1 Å². The van der Waals surface area contributed by atoms with Crippen molar-refractivity contribution in [1.82, 2.24) is 4.98 Å². The van der Waals surface area contributed by atoms with Gasteiger partial charge in [0.2, 0.25) is 11.6 Å². The molecule has 21 heavy (non-hydrogen) atoms. The maximum Gasteiger partial charge on any atom is 0.416 e. The van der Waals surface area contributed by atoms with E-state index in [0.29, 0.717) is 12.1 Å². The van der Waals surface area contributed by atoms with Crippen LogP contribution in [0.2, 0.25) is 5.15 Å². The van der Waals surface area contributed by atoms with E-state index in [9.17, 15) is 23.3 Å². The fourth-order valence-electron chi connectivity index (χ4n) is 1.48. The number of nitro groups is 1. The van der Waals surface area contributed by atoms with Gasteiger partial charge in [-0.15, -0.1) is 0 Å². The van der Waals surface area contributed by atoms with E-state index in [0.717, 1.165) is 6.07 Å². The maximum atomic E-state index is 12.5. The van der Waals surface area contributed by atoms with Crippen LogP contribution < -0.4 is 4.74 Å². The molecule has 110 valence electrons. The number of pyridine rings is 1. The molecule has 0 bridgehead atoms. The number of aromatic nitrogens is 1. The highest BCUT2D eigenvalue weighted by Gasteiger charge is 2.33. The van der Waals surface area contributed by atoms with Crippen LogP contribution in [0.15, 0.2) is 36.4 Å². The largest absolute Gasteiger partial charge is 0.432 e. The molecule has 0 radical (unpaired) electrons. The Hall–Kier alpha value is -2.35. The number of ether oxygens (including phenoxy) is 1. The number of alkyl halides is 3. The molecule has 0 fully saturated rings. The van der Waals surface area contributed by atoms with Gasteiger partial charge in [-0.05, 0) is 18.2 Å². The van der Waals surface area contributed by atoms with E-state index in [-0.39, 0.29) is 16.8 Å². The van der Waals surface area contributed by atoms with Crippen molar-refractivity contribution >= 4 is 17.3 Å². The summed E-state index contributed by atoms with van der Waals surface area (Å²) in [6.07, 6.45) is -4.68. The molecule has 0 saturated carbocycles. The molecule has 0 amide bonds. The second-order valence-corrected chi connectivity index (χ2v) is 4.23. The van der Waals surface area contributed by atoms with Crippen molar-refractivity contribution in [3.05, 3.63) is 57.2 Å². The number of halogens is 4. The highest BCUT2D eigenvalue weighted by atomic mass is 35.5. The van der Waals surface area contributed by atoms with Gasteiger partial charge in [-0.2, -0.15) is 13.2 Å². The highest BCUT2D eigenvalue weighted by molar-refractivity contribution is 6.29. The third-order valence-corrected chi connectivity index (χ3v) is 2.60. The number of nitro benzene ring substituents is 1. The molecule has 2 aromatic rings. The first kappa shape index (κ1) is 15.0. The van der Waals surface area contributed by atoms with Crippen LogP contribution >= 0.6 is 11.6 Å². The van der Waals surface area contributed by atoms with E-state index in [1.54, 1.807) is 0 Å². The molecule has 0 aliphatic rings.